The molecular weight excluding hydrogens is 730 g/mol. The third-order valence-corrected chi connectivity index (χ3v) is 7.89. The maximum Gasteiger partial charge on any atom is 0.253 e. The van der Waals surface area contributed by atoms with Gasteiger partial charge in [-0.25, -0.2) is 0 Å². The molecule has 0 aliphatic carbocycles. The number of Topliss-reactive ketones (excluding diaryl/α,β-unsaturated/α-hetero) is 1. The van der Waals surface area contributed by atoms with E-state index < -0.39 is 35.4 Å². The lowest BCUT2D eigenvalue weighted by Crippen LogP contribution is -2.35. The lowest BCUT2D eigenvalue weighted by molar-refractivity contribution is -0.139. The highest BCUT2D eigenvalue weighted by Gasteiger charge is 2.25. The second-order valence-electron chi connectivity index (χ2n) is 12.0. The van der Waals surface area contributed by atoms with Crippen molar-refractivity contribution in [3.05, 3.63) is 36.5 Å². The lowest BCUT2D eigenvalue weighted by atomic mass is 10.2. The largest absolute Gasteiger partial charge is 0.379 e. The summed E-state index contributed by atoms with van der Waals surface area (Å²) in [6.07, 6.45) is 6.99. The topological polar surface area (TPSA) is 243 Å². The molecule has 3 aliphatic rings. The Morgan fingerprint density at radius 2 is 0.764 bits per heavy atom. The van der Waals surface area contributed by atoms with Gasteiger partial charge in [0.1, 0.15) is 19.2 Å². The first kappa shape index (κ1) is 44.4. The van der Waals surface area contributed by atoms with E-state index >= 15 is 0 Å². The van der Waals surface area contributed by atoms with Crippen LogP contribution in [0.2, 0.25) is 0 Å². The SMILES string of the molecule is O=C(CCOCCOCC(COCCOCNC(=O)CCN1C(=O)C=CC1=O)COCCOCNC(=O)CCN1C(=O)C=CC1=O)CCN1C(=O)C=CC1=O. The minimum atomic E-state index is -0.459. The summed E-state index contributed by atoms with van der Waals surface area (Å²) in [6.45, 7) is 1.84. The standard InChI is InChI=1S/C35H47N5O15/c41-27(7-11-38-30(44)1-2-31(38)45)10-14-50-15-16-51-21-26(22-52-17-19-54-24-36-28(42)8-12-39-32(46)3-4-33(39)47)23-53-18-20-55-25-37-29(43)9-13-40-34(48)5-6-35(40)49/h1-6,26H,7-25H2,(H,36,42)(H,37,43). The van der Waals surface area contributed by atoms with Gasteiger partial charge in [0.2, 0.25) is 11.8 Å². The molecule has 3 rings (SSSR count). The Morgan fingerprint density at radius 1 is 0.436 bits per heavy atom. The average molecular weight is 778 g/mol. The molecule has 0 saturated heterocycles. The molecular formula is C35H47N5O15. The molecule has 0 aromatic rings. The molecule has 0 aromatic heterocycles. The van der Waals surface area contributed by atoms with Gasteiger partial charge in [-0.3, -0.25) is 57.9 Å². The summed E-state index contributed by atoms with van der Waals surface area (Å²) in [5, 5.41) is 5.08. The Hall–Kier alpha value is -4.99. The number of nitrogens with one attached hydrogen (secondary N) is 2. The Bertz CT molecular complexity index is 1250. The van der Waals surface area contributed by atoms with Gasteiger partial charge in [0, 0.05) is 87.7 Å². The fourth-order valence-corrected chi connectivity index (χ4v) is 4.86. The fourth-order valence-electron chi connectivity index (χ4n) is 4.86. The van der Waals surface area contributed by atoms with Gasteiger partial charge in [0.15, 0.2) is 0 Å². The van der Waals surface area contributed by atoms with Crippen molar-refractivity contribution in [2.24, 2.45) is 5.92 Å². The number of hydrogen-bond donors (Lipinski definition) is 2. The van der Waals surface area contributed by atoms with Crippen LogP contribution in [0.3, 0.4) is 0 Å². The number of carbonyl (C=O) groups excluding carboxylic acids is 9. The summed E-state index contributed by atoms with van der Waals surface area (Å²) in [4.78, 5) is 108. The highest BCUT2D eigenvalue weighted by molar-refractivity contribution is 6.14. The first-order valence-electron chi connectivity index (χ1n) is 17.7. The van der Waals surface area contributed by atoms with Gasteiger partial charge >= 0.3 is 0 Å². The number of hydrogen-bond acceptors (Lipinski definition) is 15. The Kier molecular flexibility index (Phi) is 20.3. The molecule has 20 nitrogen and oxygen atoms in total. The van der Waals surface area contributed by atoms with E-state index in [9.17, 15) is 43.2 Å². The van der Waals surface area contributed by atoms with Crippen LogP contribution in [0.4, 0.5) is 0 Å². The van der Waals surface area contributed by atoms with Crippen LogP contribution < -0.4 is 10.6 Å². The van der Waals surface area contributed by atoms with E-state index in [1.807, 2.05) is 0 Å². The molecule has 0 aromatic carbocycles. The van der Waals surface area contributed by atoms with Crippen molar-refractivity contribution in [3.63, 3.8) is 0 Å². The normalized spacial score (nSPS) is 15.2. The van der Waals surface area contributed by atoms with Crippen molar-refractivity contribution in [1.82, 2.24) is 25.3 Å². The highest BCUT2D eigenvalue weighted by Crippen LogP contribution is 2.07. The molecule has 0 saturated carbocycles. The molecule has 2 N–H and O–H groups in total. The van der Waals surface area contributed by atoms with Gasteiger partial charge < -0.3 is 39.1 Å². The molecule has 0 spiro atoms. The molecule has 0 atom stereocenters. The third-order valence-electron chi connectivity index (χ3n) is 7.89. The number of nitrogens with zero attached hydrogens (tertiary/aromatic N) is 3. The number of carbonyl (C=O) groups is 9. The Morgan fingerprint density at radius 3 is 1.15 bits per heavy atom. The summed E-state index contributed by atoms with van der Waals surface area (Å²) in [5.41, 5.74) is 0. The van der Waals surface area contributed by atoms with Gasteiger partial charge in [0.05, 0.1) is 66.1 Å². The van der Waals surface area contributed by atoms with Crippen LogP contribution in [-0.2, 0) is 71.6 Å². The van der Waals surface area contributed by atoms with Gasteiger partial charge in [0.25, 0.3) is 35.4 Å². The molecule has 0 bridgehead atoms. The Labute approximate surface area is 317 Å². The number of amides is 8. The number of ketones is 1. The summed E-state index contributed by atoms with van der Waals surface area (Å²) < 4.78 is 33.3. The smallest absolute Gasteiger partial charge is 0.253 e. The van der Waals surface area contributed by atoms with Crippen molar-refractivity contribution in [2.45, 2.75) is 25.7 Å². The maximum atomic E-state index is 12.1. The average Bonchev–Trinajstić information content (AvgIpc) is 3.79. The highest BCUT2D eigenvalue weighted by atomic mass is 16.5. The monoisotopic (exact) mass is 777 g/mol. The number of imide groups is 3. The third kappa shape index (κ3) is 17.4. The molecule has 55 heavy (non-hydrogen) atoms. The van der Waals surface area contributed by atoms with Crippen molar-refractivity contribution < 1.29 is 71.6 Å². The van der Waals surface area contributed by atoms with Gasteiger partial charge in [-0.1, -0.05) is 0 Å². The summed E-state index contributed by atoms with van der Waals surface area (Å²) in [5.74, 6) is -3.83. The molecule has 8 amide bonds. The molecule has 302 valence electrons. The van der Waals surface area contributed by atoms with Crippen LogP contribution in [0.1, 0.15) is 25.7 Å². The number of rotatable bonds is 31. The minimum Gasteiger partial charge on any atom is -0.379 e. The minimum absolute atomic E-state index is 0.0279. The Balaban J connectivity index is 1.24. The van der Waals surface area contributed by atoms with Crippen LogP contribution in [0.25, 0.3) is 0 Å². The van der Waals surface area contributed by atoms with Crippen LogP contribution in [0, 0.1) is 5.92 Å². The van der Waals surface area contributed by atoms with E-state index in [0.29, 0.717) is 0 Å². The molecule has 3 heterocycles. The predicted octanol–water partition coefficient (Wildman–Crippen LogP) is -2.25. The first-order valence-corrected chi connectivity index (χ1v) is 17.7. The van der Waals surface area contributed by atoms with Crippen LogP contribution in [0.15, 0.2) is 36.5 Å². The molecule has 0 fully saturated rings. The zero-order valence-electron chi connectivity index (χ0n) is 30.4. The van der Waals surface area contributed by atoms with Crippen LogP contribution in [-0.4, -0.2) is 167 Å². The van der Waals surface area contributed by atoms with Gasteiger partial charge in [-0.15, -0.1) is 0 Å². The quantitative estimate of drug-likeness (QED) is 0.0429. The van der Waals surface area contributed by atoms with Crippen molar-refractivity contribution in [2.75, 3.05) is 99.2 Å². The van der Waals surface area contributed by atoms with Crippen molar-refractivity contribution >= 4 is 53.0 Å². The van der Waals surface area contributed by atoms with E-state index in [-0.39, 0.29) is 148 Å². The van der Waals surface area contributed by atoms with Crippen molar-refractivity contribution in [3.8, 4) is 0 Å². The first-order chi connectivity index (χ1) is 26.5. The van der Waals surface area contributed by atoms with Crippen molar-refractivity contribution in [1.29, 1.82) is 0 Å². The molecule has 3 aliphatic heterocycles. The zero-order chi connectivity index (χ0) is 39.8. The summed E-state index contributed by atoms with van der Waals surface area (Å²) in [7, 11) is 0. The summed E-state index contributed by atoms with van der Waals surface area (Å²) in [6, 6.07) is 0. The van der Waals surface area contributed by atoms with Gasteiger partial charge in [-0.05, 0) is 0 Å². The number of ether oxygens (including phenoxy) is 6. The van der Waals surface area contributed by atoms with E-state index in [0.717, 1.165) is 39.0 Å². The van der Waals surface area contributed by atoms with E-state index in [2.05, 4.69) is 10.6 Å². The molecule has 0 radical (unpaired) electrons. The summed E-state index contributed by atoms with van der Waals surface area (Å²) >= 11 is 0. The van der Waals surface area contributed by atoms with Gasteiger partial charge in [-0.2, -0.15) is 0 Å². The lowest BCUT2D eigenvalue weighted by Gasteiger charge is -2.18. The zero-order valence-corrected chi connectivity index (χ0v) is 30.4. The predicted molar refractivity (Wildman–Crippen MR) is 186 cm³/mol. The van der Waals surface area contributed by atoms with Crippen LogP contribution >= 0.6 is 0 Å². The second-order valence-corrected chi connectivity index (χ2v) is 12.0. The molecule has 0 unspecified atom stereocenters. The fraction of sp³-hybridized carbons (Fsp3) is 0.571. The van der Waals surface area contributed by atoms with E-state index in [1.165, 1.54) is 12.2 Å². The van der Waals surface area contributed by atoms with Crippen LogP contribution in [0.5, 0.6) is 0 Å². The van der Waals surface area contributed by atoms with E-state index in [4.69, 9.17) is 28.4 Å². The van der Waals surface area contributed by atoms with E-state index in [1.54, 1.807) is 0 Å². The molecule has 20 heteroatoms. The maximum absolute atomic E-state index is 12.1. The second kappa shape index (κ2) is 25.2.